The molecule has 0 radical (unpaired) electrons. The number of benzene rings is 1. The van der Waals surface area contributed by atoms with Gasteiger partial charge in [0.25, 0.3) is 0 Å². The number of aliphatic hydroxyl groups is 1. The molecule has 1 saturated carbocycles. The van der Waals surface area contributed by atoms with E-state index in [1.165, 1.54) is 12.0 Å². The van der Waals surface area contributed by atoms with Crippen LogP contribution < -0.4 is 0 Å². The molecule has 1 aliphatic rings. The molecule has 2 heterocycles. The molecule has 3 aromatic rings. The average molecular weight is 279 g/mol. The molecule has 2 N–H and O–H groups in total. The van der Waals surface area contributed by atoms with Gasteiger partial charge in [-0.05, 0) is 35.6 Å². The summed E-state index contributed by atoms with van der Waals surface area (Å²) in [5, 5.41) is 17.8. The van der Waals surface area contributed by atoms with Gasteiger partial charge in [0.05, 0.1) is 12.8 Å². The molecule has 0 saturated heterocycles. The van der Waals surface area contributed by atoms with Crippen molar-refractivity contribution in [2.45, 2.75) is 24.7 Å². The van der Waals surface area contributed by atoms with Gasteiger partial charge in [0, 0.05) is 17.0 Å². The van der Waals surface area contributed by atoms with Crippen molar-refractivity contribution in [3.8, 4) is 11.1 Å². The Bertz CT molecular complexity index is 784. The lowest BCUT2D eigenvalue weighted by atomic mass is 9.65. The van der Waals surface area contributed by atoms with Gasteiger partial charge in [-0.1, -0.05) is 30.7 Å². The van der Waals surface area contributed by atoms with E-state index in [4.69, 9.17) is 0 Å². The number of H-pyrrole nitrogens is 1. The van der Waals surface area contributed by atoms with Crippen LogP contribution in [0.15, 0.2) is 42.7 Å². The highest BCUT2D eigenvalue weighted by Gasteiger charge is 2.38. The Balaban J connectivity index is 1.84. The minimum absolute atomic E-state index is 0.0292. The van der Waals surface area contributed by atoms with Crippen molar-refractivity contribution in [3.05, 3.63) is 48.3 Å². The Morgan fingerprint density at radius 3 is 2.90 bits per heavy atom. The SMILES string of the molecule is OCC1(c2cccc(-c3ccnc4[nH]ncc34)c2)CCC1. The summed E-state index contributed by atoms with van der Waals surface area (Å²) in [6.45, 7) is 0.230. The number of hydrogen-bond donors (Lipinski definition) is 2. The van der Waals surface area contributed by atoms with Crippen molar-refractivity contribution in [2.24, 2.45) is 0 Å². The quantitative estimate of drug-likeness (QED) is 0.774. The highest BCUT2D eigenvalue weighted by atomic mass is 16.3. The van der Waals surface area contributed by atoms with Crippen molar-refractivity contribution in [1.82, 2.24) is 15.2 Å². The minimum Gasteiger partial charge on any atom is -0.395 e. The molecule has 106 valence electrons. The normalized spacial score (nSPS) is 16.8. The van der Waals surface area contributed by atoms with Crippen LogP contribution in [0.1, 0.15) is 24.8 Å². The van der Waals surface area contributed by atoms with Crippen LogP contribution in [0.4, 0.5) is 0 Å². The first-order chi connectivity index (χ1) is 10.3. The Kier molecular flexibility index (Phi) is 2.79. The minimum atomic E-state index is -0.0292. The molecule has 0 aliphatic heterocycles. The zero-order valence-electron chi connectivity index (χ0n) is 11.7. The maximum atomic E-state index is 9.77. The van der Waals surface area contributed by atoms with Gasteiger partial charge in [-0.3, -0.25) is 5.10 Å². The molecule has 4 rings (SSSR count). The maximum Gasteiger partial charge on any atom is 0.155 e. The fourth-order valence-corrected chi connectivity index (χ4v) is 3.26. The van der Waals surface area contributed by atoms with Crippen molar-refractivity contribution in [3.63, 3.8) is 0 Å². The molecule has 0 atom stereocenters. The van der Waals surface area contributed by atoms with Gasteiger partial charge >= 0.3 is 0 Å². The second-order valence-electron chi connectivity index (χ2n) is 5.86. The molecule has 21 heavy (non-hydrogen) atoms. The van der Waals surface area contributed by atoms with E-state index in [9.17, 15) is 5.11 Å². The number of nitrogens with one attached hydrogen (secondary N) is 1. The lowest BCUT2D eigenvalue weighted by molar-refractivity contribution is 0.120. The number of aromatic amines is 1. The predicted octanol–water partition coefficient (Wildman–Crippen LogP) is 3.04. The summed E-state index contributed by atoms with van der Waals surface area (Å²) >= 11 is 0. The first-order valence-corrected chi connectivity index (χ1v) is 7.32. The van der Waals surface area contributed by atoms with E-state index in [1.807, 2.05) is 12.3 Å². The van der Waals surface area contributed by atoms with E-state index in [0.717, 1.165) is 35.0 Å². The second-order valence-corrected chi connectivity index (χ2v) is 5.86. The zero-order valence-corrected chi connectivity index (χ0v) is 11.7. The van der Waals surface area contributed by atoms with Gasteiger partial charge in [0.15, 0.2) is 5.65 Å². The fraction of sp³-hybridized carbons (Fsp3) is 0.294. The lowest BCUT2D eigenvalue weighted by Crippen LogP contribution is -2.37. The first kappa shape index (κ1) is 12.5. The number of fused-ring (bicyclic) bond motifs is 1. The van der Waals surface area contributed by atoms with Gasteiger partial charge < -0.3 is 5.11 Å². The van der Waals surface area contributed by atoms with Gasteiger partial charge in [-0.25, -0.2) is 4.98 Å². The highest BCUT2D eigenvalue weighted by Crippen LogP contribution is 2.44. The van der Waals surface area contributed by atoms with Crippen LogP contribution in [-0.2, 0) is 5.41 Å². The molecule has 0 amide bonds. The van der Waals surface area contributed by atoms with Crippen LogP contribution in [0.2, 0.25) is 0 Å². The number of hydrogen-bond acceptors (Lipinski definition) is 3. The standard InChI is InChI=1S/C17H17N3O/c21-11-17(6-2-7-17)13-4-1-3-12(9-13)14-5-8-18-16-15(14)10-19-20-16/h1,3-5,8-10,21H,2,6-7,11H2,(H,18,19,20). The summed E-state index contributed by atoms with van der Waals surface area (Å²) in [4.78, 5) is 4.28. The monoisotopic (exact) mass is 279 g/mol. The summed E-state index contributed by atoms with van der Waals surface area (Å²) in [7, 11) is 0. The Labute approximate surface area is 122 Å². The summed E-state index contributed by atoms with van der Waals surface area (Å²) in [6.07, 6.45) is 6.96. The molecule has 2 aromatic heterocycles. The van der Waals surface area contributed by atoms with E-state index < -0.39 is 0 Å². The largest absolute Gasteiger partial charge is 0.395 e. The molecule has 1 aromatic carbocycles. The van der Waals surface area contributed by atoms with Gasteiger partial charge in [-0.15, -0.1) is 0 Å². The van der Waals surface area contributed by atoms with E-state index in [2.05, 4.69) is 39.4 Å². The number of aliphatic hydroxyl groups excluding tert-OH is 1. The predicted molar refractivity (Wildman–Crippen MR) is 81.9 cm³/mol. The Hall–Kier alpha value is -2.20. The second kappa shape index (κ2) is 4.67. The lowest BCUT2D eigenvalue weighted by Gasteiger charge is -2.41. The van der Waals surface area contributed by atoms with E-state index >= 15 is 0 Å². The Morgan fingerprint density at radius 2 is 2.14 bits per heavy atom. The smallest absolute Gasteiger partial charge is 0.155 e. The van der Waals surface area contributed by atoms with Gasteiger partial charge in [-0.2, -0.15) is 5.10 Å². The van der Waals surface area contributed by atoms with Crippen LogP contribution >= 0.6 is 0 Å². The van der Waals surface area contributed by atoms with Crippen LogP contribution in [-0.4, -0.2) is 26.9 Å². The molecular weight excluding hydrogens is 262 g/mol. The van der Waals surface area contributed by atoms with E-state index in [1.54, 1.807) is 6.20 Å². The number of pyridine rings is 1. The molecule has 0 bridgehead atoms. The van der Waals surface area contributed by atoms with Gasteiger partial charge in [0.1, 0.15) is 0 Å². The number of aromatic nitrogens is 3. The molecule has 0 unspecified atom stereocenters. The molecular formula is C17H17N3O. The third kappa shape index (κ3) is 1.87. The summed E-state index contributed by atoms with van der Waals surface area (Å²) in [5.74, 6) is 0. The summed E-state index contributed by atoms with van der Waals surface area (Å²) in [6, 6.07) is 10.5. The average Bonchev–Trinajstić information content (AvgIpc) is 2.95. The zero-order chi connectivity index (χ0) is 14.3. The van der Waals surface area contributed by atoms with Crippen LogP contribution in [0.3, 0.4) is 0 Å². The van der Waals surface area contributed by atoms with Crippen LogP contribution in [0.5, 0.6) is 0 Å². The number of rotatable bonds is 3. The summed E-state index contributed by atoms with van der Waals surface area (Å²) < 4.78 is 0. The molecule has 4 nitrogen and oxygen atoms in total. The Morgan fingerprint density at radius 1 is 1.24 bits per heavy atom. The third-order valence-electron chi connectivity index (χ3n) is 4.75. The fourth-order valence-electron chi connectivity index (χ4n) is 3.26. The van der Waals surface area contributed by atoms with Crippen molar-refractivity contribution >= 4 is 11.0 Å². The first-order valence-electron chi connectivity index (χ1n) is 7.32. The van der Waals surface area contributed by atoms with Crippen molar-refractivity contribution < 1.29 is 5.11 Å². The topological polar surface area (TPSA) is 61.8 Å². The molecule has 1 fully saturated rings. The van der Waals surface area contributed by atoms with E-state index in [0.29, 0.717) is 0 Å². The summed E-state index contributed by atoms with van der Waals surface area (Å²) in [5.41, 5.74) is 4.29. The van der Waals surface area contributed by atoms with Crippen LogP contribution in [0.25, 0.3) is 22.2 Å². The van der Waals surface area contributed by atoms with Crippen LogP contribution in [0, 0.1) is 0 Å². The van der Waals surface area contributed by atoms with Crippen molar-refractivity contribution in [2.75, 3.05) is 6.61 Å². The highest BCUT2D eigenvalue weighted by molar-refractivity contribution is 5.92. The molecule has 0 spiro atoms. The van der Waals surface area contributed by atoms with Gasteiger partial charge in [0.2, 0.25) is 0 Å². The van der Waals surface area contributed by atoms with Crippen molar-refractivity contribution in [1.29, 1.82) is 0 Å². The third-order valence-corrected chi connectivity index (χ3v) is 4.75. The molecule has 1 aliphatic carbocycles. The number of nitrogens with zero attached hydrogens (tertiary/aromatic N) is 2. The maximum absolute atomic E-state index is 9.77. The molecule has 4 heteroatoms. The van der Waals surface area contributed by atoms with E-state index in [-0.39, 0.29) is 12.0 Å².